The van der Waals surface area contributed by atoms with Crippen molar-refractivity contribution in [2.24, 2.45) is 0 Å². The normalized spacial score (nSPS) is 10.7. The van der Waals surface area contributed by atoms with Crippen molar-refractivity contribution in [2.75, 3.05) is 5.32 Å². The standard InChI is InChI=1S/C17H11N5O6/c23-15(10-7-11-5-8-12(9-6-11)21(24)25)18-17-20-19-16(28-17)13-3-1-2-4-14(13)22(26)27/h1-10H,(H,18,20,23)/b10-7+. The molecule has 140 valence electrons. The summed E-state index contributed by atoms with van der Waals surface area (Å²) < 4.78 is 5.26. The minimum atomic E-state index is -0.587. The van der Waals surface area contributed by atoms with Crippen LogP contribution in [0.1, 0.15) is 5.56 Å². The van der Waals surface area contributed by atoms with E-state index in [1.54, 1.807) is 6.07 Å². The maximum atomic E-state index is 11.9. The molecule has 2 aromatic carbocycles. The second-order valence-corrected chi connectivity index (χ2v) is 5.36. The van der Waals surface area contributed by atoms with Crippen LogP contribution in [-0.4, -0.2) is 26.0 Å². The summed E-state index contributed by atoms with van der Waals surface area (Å²) in [6.07, 6.45) is 2.62. The summed E-state index contributed by atoms with van der Waals surface area (Å²) in [4.78, 5) is 32.5. The number of amides is 1. The van der Waals surface area contributed by atoms with Crippen LogP contribution >= 0.6 is 0 Å². The van der Waals surface area contributed by atoms with Gasteiger partial charge in [0.05, 0.1) is 9.85 Å². The number of nitrogens with zero attached hydrogens (tertiary/aromatic N) is 4. The van der Waals surface area contributed by atoms with Gasteiger partial charge in [0.25, 0.3) is 23.2 Å². The van der Waals surface area contributed by atoms with E-state index in [0.717, 1.165) is 0 Å². The molecule has 11 heteroatoms. The Labute approximate surface area is 156 Å². The lowest BCUT2D eigenvalue weighted by atomic mass is 10.2. The number of anilines is 1. The van der Waals surface area contributed by atoms with Gasteiger partial charge in [-0.05, 0) is 29.8 Å². The molecule has 11 nitrogen and oxygen atoms in total. The number of para-hydroxylation sites is 1. The van der Waals surface area contributed by atoms with Gasteiger partial charge in [-0.1, -0.05) is 17.2 Å². The van der Waals surface area contributed by atoms with Gasteiger partial charge in [0.15, 0.2) is 0 Å². The van der Waals surface area contributed by atoms with Gasteiger partial charge in [-0.2, -0.15) is 0 Å². The highest BCUT2D eigenvalue weighted by Crippen LogP contribution is 2.29. The van der Waals surface area contributed by atoms with Crippen LogP contribution in [0.4, 0.5) is 17.4 Å². The first-order valence-electron chi connectivity index (χ1n) is 7.75. The number of non-ortho nitro benzene ring substituents is 1. The van der Waals surface area contributed by atoms with Gasteiger partial charge in [-0.15, -0.1) is 5.10 Å². The maximum Gasteiger partial charge on any atom is 0.322 e. The molecule has 0 fully saturated rings. The number of rotatable bonds is 6. The van der Waals surface area contributed by atoms with Crippen molar-refractivity contribution < 1.29 is 19.1 Å². The molecule has 3 rings (SSSR count). The summed E-state index contributed by atoms with van der Waals surface area (Å²) in [6.45, 7) is 0. The third kappa shape index (κ3) is 4.22. The SMILES string of the molecule is O=C(/C=C/c1ccc([N+](=O)[O-])cc1)Nc1nnc(-c2ccccc2[N+](=O)[O-])o1. The maximum absolute atomic E-state index is 11.9. The molecule has 0 spiro atoms. The van der Waals surface area contributed by atoms with Crippen LogP contribution < -0.4 is 5.32 Å². The van der Waals surface area contributed by atoms with Crippen molar-refractivity contribution in [1.29, 1.82) is 0 Å². The summed E-state index contributed by atoms with van der Waals surface area (Å²) in [5, 5.41) is 31.3. The van der Waals surface area contributed by atoms with Crippen molar-refractivity contribution >= 4 is 29.4 Å². The first-order valence-corrected chi connectivity index (χ1v) is 7.75. The summed E-state index contributed by atoms with van der Waals surface area (Å²) in [5.74, 6) is -0.696. The molecular formula is C17H11N5O6. The lowest BCUT2D eigenvalue weighted by molar-refractivity contribution is -0.384. The average Bonchev–Trinajstić information content (AvgIpc) is 3.15. The van der Waals surface area contributed by atoms with E-state index in [1.807, 2.05) is 0 Å². The highest BCUT2D eigenvalue weighted by Gasteiger charge is 2.19. The molecule has 0 unspecified atom stereocenters. The van der Waals surface area contributed by atoms with Gasteiger partial charge < -0.3 is 4.42 Å². The Kier molecular flexibility index (Phi) is 5.16. The number of hydrogen-bond acceptors (Lipinski definition) is 8. The van der Waals surface area contributed by atoms with Crippen molar-refractivity contribution in [3.8, 4) is 11.5 Å². The first-order chi connectivity index (χ1) is 13.4. The van der Waals surface area contributed by atoms with Crippen LogP contribution in [-0.2, 0) is 4.79 Å². The van der Waals surface area contributed by atoms with Crippen LogP contribution in [0.25, 0.3) is 17.5 Å². The van der Waals surface area contributed by atoms with Crippen LogP contribution in [0.3, 0.4) is 0 Å². The van der Waals surface area contributed by atoms with Crippen LogP contribution in [0, 0.1) is 20.2 Å². The number of nitrogens with one attached hydrogen (secondary N) is 1. The Bertz CT molecular complexity index is 1070. The predicted molar refractivity (Wildman–Crippen MR) is 97.1 cm³/mol. The number of carbonyl (C=O) groups excluding carboxylic acids is 1. The van der Waals surface area contributed by atoms with E-state index in [-0.39, 0.29) is 28.8 Å². The molecule has 1 amide bonds. The van der Waals surface area contributed by atoms with E-state index in [2.05, 4.69) is 15.5 Å². The molecule has 0 saturated heterocycles. The minimum Gasteiger partial charge on any atom is -0.403 e. The number of hydrogen-bond donors (Lipinski definition) is 1. The van der Waals surface area contributed by atoms with Crippen molar-refractivity contribution in [3.05, 3.63) is 80.4 Å². The Balaban J connectivity index is 1.69. The Hall–Kier alpha value is -4.41. The molecule has 0 aliphatic carbocycles. The van der Waals surface area contributed by atoms with Gasteiger partial charge >= 0.3 is 6.01 Å². The summed E-state index contributed by atoms with van der Waals surface area (Å²) >= 11 is 0. The molecule has 28 heavy (non-hydrogen) atoms. The highest BCUT2D eigenvalue weighted by atomic mass is 16.6. The third-order valence-corrected chi connectivity index (χ3v) is 3.52. The second kappa shape index (κ2) is 7.86. The zero-order valence-corrected chi connectivity index (χ0v) is 14.0. The van der Waals surface area contributed by atoms with Crippen molar-refractivity contribution in [3.63, 3.8) is 0 Å². The average molecular weight is 381 g/mol. The molecule has 1 aromatic heterocycles. The monoisotopic (exact) mass is 381 g/mol. The fourth-order valence-electron chi connectivity index (χ4n) is 2.22. The fraction of sp³-hybridized carbons (Fsp3) is 0. The third-order valence-electron chi connectivity index (χ3n) is 3.52. The van der Waals surface area contributed by atoms with Gasteiger partial charge in [0, 0.05) is 24.3 Å². The molecule has 0 atom stereocenters. The van der Waals surface area contributed by atoms with E-state index in [9.17, 15) is 25.0 Å². The first kappa shape index (κ1) is 18.4. The molecule has 0 radical (unpaired) electrons. The lowest BCUT2D eigenvalue weighted by Crippen LogP contribution is -2.07. The van der Waals surface area contributed by atoms with E-state index in [4.69, 9.17) is 4.42 Å². The van der Waals surface area contributed by atoms with Gasteiger partial charge in [-0.25, -0.2) is 0 Å². The van der Waals surface area contributed by atoms with Gasteiger partial charge in [0.2, 0.25) is 0 Å². The van der Waals surface area contributed by atoms with Crippen molar-refractivity contribution in [2.45, 2.75) is 0 Å². The molecule has 3 aromatic rings. The summed E-state index contributed by atoms with van der Waals surface area (Å²) in [5.41, 5.74) is 0.436. The quantitative estimate of drug-likeness (QED) is 0.388. The molecule has 0 saturated carbocycles. The number of nitro groups is 2. The number of benzene rings is 2. The number of aromatic nitrogens is 2. The van der Waals surface area contributed by atoms with Crippen LogP contribution in [0.15, 0.2) is 59.0 Å². The summed E-state index contributed by atoms with van der Waals surface area (Å²) in [7, 11) is 0. The lowest BCUT2D eigenvalue weighted by Gasteiger charge is -1.97. The molecule has 1 heterocycles. The minimum absolute atomic E-state index is 0.0602. The molecular weight excluding hydrogens is 370 g/mol. The molecule has 0 aliphatic rings. The Morgan fingerprint density at radius 3 is 2.39 bits per heavy atom. The number of carbonyl (C=O) groups is 1. The molecule has 0 aliphatic heterocycles. The predicted octanol–water partition coefficient (Wildman–Crippen LogP) is 3.20. The molecule has 1 N–H and O–H groups in total. The zero-order valence-electron chi connectivity index (χ0n) is 14.0. The Morgan fingerprint density at radius 2 is 1.71 bits per heavy atom. The van der Waals surface area contributed by atoms with E-state index >= 15 is 0 Å². The smallest absolute Gasteiger partial charge is 0.322 e. The van der Waals surface area contributed by atoms with Crippen LogP contribution in [0.2, 0.25) is 0 Å². The van der Waals surface area contributed by atoms with Gasteiger partial charge in [0.1, 0.15) is 5.56 Å². The molecule has 0 bridgehead atoms. The van der Waals surface area contributed by atoms with E-state index < -0.39 is 15.8 Å². The number of nitro benzene ring substituents is 2. The highest BCUT2D eigenvalue weighted by molar-refractivity contribution is 6.00. The van der Waals surface area contributed by atoms with E-state index in [0.29, 0.717) is 5.56 Å². The second-order valence-electron chi connectivity index (χ2n) is 5.36. The van der Waals surface area contributed by atoms with Crippen molar-refractivity contribution in [1.82, 2.24) is 10.2 Å². The van der Waals surface area contributed by atoms with Gasteiger partial charge in [-0.3, -0.25) is 30.3 Å². The van der Waals surface area contributed by atoms with E-state index in [1.165, 1.54) is 54.6 Å². The Morgan fingerprint density at radius 1 is 1.00 bits per heavy atom. The van der Waals surface area contributed by atoms with Crippen LogP contribution in [0.5, 0.6) is 0 Å². The summed E-state index contributed by atoms with van der Waals surface area (Å²) in [6, 6.07) is 11.2. The zero-order chi connectivity index (χ0) is 20.1. The fourth-order valence-corrected chi connectivity index (χ4v) is 2.22. The largest absolute Gasteiger partial charge is 0.403 e. The topological polar surface area (TPSA) is 154 Å².